The number of rotatable bonds is 3. The predicted molar refractivity (Wildman–Crippen MR) is 151 cm³/mol. The van der Waals surface area contributed by atoms with Gasteiger partial charge in [-0.05, 0) is 97.1 Å². The van der Waals surface area contributed by atoms with Crippen molar-refractivity contribution in [3.05, 3.63) is 161 Å². The molecule has 5 aromatic rings. The first-order valence-corrected chi connectivity index (χ1v) is 11.9. The molecule has 0 heterocycles. The molecule has 0 atom stereocenters. The van der Waals surface area contributed by atoms with Gasteiger partial charge < -0.3 is 4.90 Å². The maximum Gasteiger partial charge on any atom is 0.0991 e. The summed E-state index contributed by atoms with van der Waals surface area (Å²) >= 11 is 0. The molecule has 0 aliphatic carbocycles. The summed E-state index contributed by atoms with van der Waals surface area (Å²) < 4.78 is 0. The zero-order valence-corrected chi connectivity index (χ0v) is 20.1. The number of hydrogen-bond donors (Lipinski definition) is 0. The van der Waals surface area contributed by atoms with E-state index in [-0.39, 0.29) is 0 Å². The Bertz CT molecular complexity index is 1600. The van der Waals surface area contributed by atoms with Crippen molar-refractivity contribution in [1.29, 1.82) is 5.26 Å². The minimum atomic E-state index is 0.632. The molecule has 0 N–H and O–H groups in total. The molecule has 0 spiro atoms. The highest BCUT2D eigenvalue weighted by atomic mass is 15.1. The van der Waals surface area contributed by atoms with Crippen molar-refractivity contribution >= 4 is 17.1 Å². The largest absolute Gasteiger partial charge is 0.311 e. The van der Waals surface area contributed by atoms with Crippen molar-refractivity contribution in [3.8, 4) is 29.8 Å². The van der Waals surface area contributed by atoms with E-state index in [0.29, 0.717) is 5.56 Å². The fraction of sp³-hybridized carbons (Fsp3) is 0. The molecule has 0 radical (unpaired) electrons. The third-order valence-electron chi connectivity index (χ3n) is 5.76. The van der Waals surface area contributed by atoms with Gasteiger partial charge in [0.05, 0.1) is 11.6 Å². The number of anilines is 3. The molecule has 0 amide bonds. The Kier molecular flexibility index (Phi) is 7.10. The highest BCUT2D eigenvalue weighted by Gasteiger charge is 2.11. The third kappa shape index (κ3) is 5.96. The number of para-hydroxylation sites is 2. The van der Waals surface area contributed by atoms with Crippen LogP contribution in [0.3, 0.4) is 0 Å². The Hall–Kier alpha value is -5.49. The average molecular weight is 471 g/mol. The molecule has 0 fully saturated rings. The van der Waals surface area contributed by atoms with Crippen molar-refractivity contribution in [2.45, 2.75) is 0 Å². The molecule has 0 aromatic heterocycles. The maximum atomic E-state index is 8.90. The van der Waals surface area contributed by atoms with Crippen molar-refractivity contribution in [1.82, 2.24) is 0 Å². The lowest BCUT2D eigenvalue weighted by Gasteiger charge is -2.25. The van der Waals surface area contributed by atoms with Gasteiger partial charge in [-0.25, -0.2) is 0 Å². The molecule has 2 nitrogen and oxygen atoms in total. The topological polar surface area (TPSA) is 27.0 Å². The lowest BCUT2D eigenvalue weighted by Crippen LogP contribution is -2.09. The molecule has 5 aromatic carbocycles. The summed E-state index contributed by atoms with van der Waals surface area (Å²) in [7, 11) is 0. The van der Waals surface area contributed by atoms with E-state index in [4.69, 9.17) is 5.26 Å². The van der Waals surface area contributed by atoms with Crippen LogP contribution in [0.4, 0.5) is 17.1 Å². The van der Waals surface area contributed by atoms with E-state index in [1.807, 2.05) is 48.5 Å². The van der Waals surface area contributed by atoms with Gasteiger partial charge in [0.15, 0.2) is 0 Å². The van der Waals surface area contributed by atoms with E-state index in [2.05, 4.69) is 107 Å². The minimum absolute atomic E-state index is 0.632. The molecule has 0 bridgehead atoms. The van der Waals surface area contributed by atoms with Gasteiger partial charge >= 0.3 is 0 Å². The van der Waals surface area contributed by atoms with Gasteiger partial charge in [-0.15, -0.1) is 0 Å². The van der Waals surface area contributed by atoms with Gasteiger partial charge in [-0.1, -0.05) is 60.1 Å². The molecule has 2 heteroatoms. The predicted octanol–water partition coefficient (Wildman–Crippen LogP) is 7.83. The molecular weight excluding hydrogens is 448 g/mol. The van der Waals surface area contributed by atoms with Crippen molar-refractivity contribution in [2.75, 3.05) is 4.90 Å². The molecule has 172 valence electrons. The van der Waals surface area contributed by atoms with Crippen LogP contribution in [0.5, 0.6) is 0 Å². The Morgan fingerprint density at radius 1 is 0.351 bits per heavy atom. The number of benzene rings is 5. The fourth-order valence-electron chi connectivity index (χ4n) is 3.85. The van der Waals surface area contributed by atoms with Crippen LogP contribution < -0.4 is 4.90 Å². The molecule has 0 unspecified atom stereocenters. The van der Waals surface area contributed by atoms with Gasteiger partial charge in [0.25, 0.3) is 0 Å². The summed E-state index contributed by atoms with van der Waals surface area (Å²) in [6.07, 6.45) is 0. The van der Waals surface area contributed by atoms with Crippen LogP contribution in [0.15, 0.2) is 133 Å². The lowest BCUT2D eigenvalue weighted by atomic mass is 10.1. The van der Waals surface area contributed by atoms with E-state index in [1.54, 1.807) is 12.1 Å². The molecular formula is C35H22N2. The highest BCUT2D eigenvalue weighted by molar-refractivity contribution is 5.76. The fourth-order valence-corrected chi connectivity index (χ4v) is 3.85. The number of nitriles is 1. The first-order chi connectivity index (χ1) is 18.3. The molecule has 5 rings (SSSR count). The highest BCUT2D eigenvalue weighted by Crippen LogP contribution is 2.33. The molecule has 0 saturated carbocycles. The lowest BCUT2D eigenvalue weighted by molar-refractivity contribution is 1.28. The van der Waals surface area contributed by atoms with E-state index in [0.717, 1.165) is 39.3 Å². The standard InChI is InChI=1S/C35H22N2/c36-27-32-21-19-30(20-22-32)16-15-28-11-13-29(14-12-28)17-18-31-23-25-35(26-24-31)37(33-7-3-1-4-8-33)34-9-5-2-6-10-34/h1-14,19-26H. The quantitative estimate of drug-likeness (QED) is 0.251. The second kappa shape index (κ2) is 11.3. The van der Waals surface area contributed by atoms with E-state index >= 15 is 0 Å². The normalized spacial score (nSPS) is 9.70. The SMILES string of the molecule is N#Cc1ccc(C#Cc2ccc(C#Cc3ccc(N(c4ccccc4)c4ccccc4)cc3)cc2)cc1. The van der Waals surface area contributed by atoms with Crippen LogP contribution in [0.25, 0.3) is 0 Å². The zero-order chi connectivity index (χ0) is 25.3. The monoisotopic (exact) mass is 470 g/mol. The van der Waals surface area contributed by atoms with Crippen LogP contribution in [0.2, 0.25) is 0 Å². The molecule has 0 aliphatic heterocycles. The summed E-state index contributed by atoms with van der Waals surface area (Å²) in [4.78, 5) is 2.23. The second-order valence-corrected chi connectivity index (χ2v) is 8.32. The smallest absolute Gasteiger partial charge is 0.0991 e. The Labute approximate surface area is 218 Å². The van der Waals surface area contributed by atoms with Gasteiger partial charge in [-0.2, -0.15) is 5.26 Å². The number of nitrogens with zero attached hydrogens (tertiary/aromatic N) is 2. The van der Waals surface area contributed by atoms with Crippen LogP contribution >= 0.6 is 0 Å². The van der Waals surface area contributed by atoms with Crippen LogP contribution in [-0.4, -0.2) is 0 Å². The summed E-state index contributed by atoms with van der Waals surface area (Å²) in [6.45, 7) is 0. The minimum Gasteiger partial charge on any atom is -0.311 e. The van der Waals surface area contributed by atoms with Crippen molar-refractivity contribution in [2.24, 2.45) is 0 Å². The van der Waals surface area contributed by atoms with Gasteiger partial charge in [-0.3, -0.25) is 0 Å². The third-order valence-corrected chi connectivity index (χ3v) is 5.76. The van der Waals surface area contributed by atoms with Gasteiger partial charge in [0, 0.05) is 39.3 Å². The van der Waals surface area contributed by atoms with E-state index in [1.165, 1.54) is 0 Å². The van der Waals surface area contributed by atoms with E-state index < -0.39 is 0 Å². The summed E-state index contributed by atoms with van der Waals surface area (Å²) in [5, 5.41) is 8.90. The summed E-state index contributed by atoms with van der Waals surface area (Å²) in [5.41, 5.74) is 7.61. The Morgan fingerprint density at radius 2 is 0.649 bits per heavy atom. The Morgan fingerprint density at radius 3 is 1.00 bits per heavy atom. The molecule has 0 saturated heterocycles. The van der Waals surface area contributed by atoms with Crippen LogP contribution in [-0.2, 0) is 0 Å². The van der Waals surface area contributed by atoms with Gasteiger partial charge in [0.2, 0.25) is 0 Å². The second-order valence-electron chi connectivity index (χ2n) is 8.32. The molecule has 0 aliphatic rings. The first-order valence-electron chi connectivity index (χ1n) is 11.9. The average Bonchev–Trinajstić information content (AvgIpc) is 2.98. The Balaban J connectivity index is 1.31. The maximum absolute atomic E-state index is 8.90. The molecule has 37 heavy (non-hydrogen) atoms. The van der Waals surface area contributed by atoms with Crippen LogP contribution in [0, 0.1) is 35.0 Å². The van der Waals surface area contributed by atoms with Gasteiger partial charge in [0.1, 0.15) is 0 Å². The van der Waals surface area contributed by atoms with Crippen molar-refractivity contribution in [3.63, 3.8) is 0 Å². The van der Waals surface area contributed by atoms with Crippen LogP contribution in [0.1, 0.15) is 27.8 Å². The number of hydrogen-bond acceptors (Lipinski definition) is 2. The summed E-state index contributed by atoms with van der Waals surface area (Å²) in [5.74, 6) is 12.8. The van der Waals surface area contributed by atoms with Crippen molar-refractivity contribution < 1.29 is 0 Å². The first kappa shape index (κ1) is 23.3. The van der Waals surface area contributed by atoms with E-state index in [9.17, 15) is 0 Å². The summed E-state index contributed by atoms with van der Waals surface area (Å²) in [6, 6.07) is 46.3. The zero-order valence-electron chi connectivity index (χ0n) is 20.1.